The lowest BCUT2D eigenvalue weighted by Crippen LogP contribution is -2.34. The van der Waals surface area contributed by atoms with Crippen LogP contribution in [0.1, 0.15) is 40.3 Å². The van der Waals surface area contributed by atoms with Crippen molar-refractivity contribution in [3.8, 4) is 0 Å². The molecule has 26 heavy (non-hydrogen) atoms. The van der Waals surface area contributed by atoms with E-state index in [0.717, 1.165) is 31.5 Å². The maximum absolute atomic E-state index is 12.9. The average molecular weight is 376 g/mol. The summed E-state index contributed by atoms with van der Waals surface area (Å²) in [5.74, 6) is 0.672. The lowest BCUT2D eigenvalue weighted by Gasteiger charge is -2.13. The van der Waals surface area contributed by atoms with Gasteiger partial charge in [-0.2, -0.15) is 0 Å². The molecule has 0 aromatic carbocycles. The standard InChI is InChI=1S/C18H24N4O3S/c1-10-14-17(21-13-5-3-2-4-6-22(13)18(14)25)26-15(10)16(24)20-8-11-7-19-9-12(11)23/h11-12,19,23H,2-9H2,1H3,(H,20,24). The molecule has 2 aromatic rings. The summed E-state index contributed by atoms with van der Waals surface area (Å²) in [4.78, 5) is 31.5. The lowest BCUT2D eigenvalue weighted by molar-refractivity contribution is 0.0930. The van der Waals surface area contributed by atoms with Gasteiger partial charge >= 0.3 is 0 Å². The predicted molar refractivity (Wildman–Crippen MR) is 101 cm³/mol. The summed E-state index contributed by atoms with van der Waals surface area (Å²) in [5.41, 5.74) is 0.694. The number of carbonyl (C=O) groups is 1. The van der Waals surface area contributed by atoms with E-state index in [4.69, 9.17) is 4.98 Å². The van der Waals surface area contributed by atoms with E-state index in [-0.39, 0.29) is 17.4 Å². The molecule has 0 spiro atoms. The number of hydrogen-bond acceptors (Lipinski definition) is 6. The molecule has 0 bridgehead atoms. The Morgan fingerprint density at radius 2 is 2.23 bits per heavy atom. The van der Waals surface area contributed by atoms with Crippen LogP contribution in [-0.4, -0.2) is 46.3 Å². The Kier molecular flexibility index (Phi) is 4.81. The Morgan fingerprint density at radius 3 is 3.00 bits per heavy atom. The first kappa shape index (κ1) is 17.6. The molecule has 2 aliphatic heterocycles. The smallest absolute Gasteiger partial charge is 0.262 e. The average Bonchev–Trinajstić information content (AvgIpc) is 3.07. The minimum atomic E-state index is -0.430. The van der Waals surface area contributed by atoms with Gasteiger partial charge in [-0.05, 0) is 25.3 Å². The van der Waals surface area contributed by atoms with Gasteiger partial charge in [0.2, 0.25) is 0 Å². The van der Waals surface area contributed by atoms with E-state index < -0.39 is 6.10 Å². The highest BCUT2D eigenvalue weighted by atomic mass is 32.1. The largest absolute Gasteiger partial charge is 0.391 e. The van der Waals surface area contributed by atoms with E-state index in [0.29, 0.717) is 46.8 Å². The molecule has 140 valence electrons. The number of aliphatic hydroxyl groups excluding tert-OH is 1. The number of amides is 1. The van der Waals surface area contributed by atoms with Crippen LogP contribution >= 0.6 is 11.3 Å². The number of nitrogens with zero attached hydrogens (tertiary/aromatic N) is 2. The molecule has 3 N–H and O–H groups in total. The molecule has 1 fully saturated rings. The Labute approximate surface area is 155 Å². The van der Waals surface area contributed by atoms with E-state index in [1.54, 1.807) is 4.57 Å². The Hall–Kier alpha value is -1.77. The van der Waals surface area contributed by atoms with Crippen LogP contribution in [0.4, 0.5) is 0 Å². The maximum Gasteiger partial charge on any atom is 0.262 e. The molecule has 4 heterocycles. The second-order valence-corrected chi connectivity index (χ2v) is 8.23. The fourth-order valence-electron chi connectivity index (χ4n) is 3.86. The van der Waals surface area contributed by atoms with Crippen molar-refractivity contribution in [1.29, 1.82) is 0 Å². The van der Waals surface area contributed by atoms with Crippen LogP contribution in [0, 0.1) is 12.8 Å². The van der Waals surface area contributed by atoms with Gasteiger partial charge in [0.05, 0.1) is 16.4 Å². The third-order valence-electron chi connectivity index (χ3n) is 5.45. The fourth-order valence-corrected chi connectivity index (χ4v) is 4.96. The Balaban J connectivity index is 1.64. The molecule has 2 aromatic heterocycles. The molecule has 2 aliphatic rings. The highest BCUT2D eigenvalue weighted by Gasteiger charge is 2.27. The summed E-state index contributed by atoms with van der Waals surface area (Å²) in [7, 11) is 0. The predicted octanol–water partition coefficient (Wildman–Crippen LogP) is 0.803. The van der Waals surface area contributed by atoms with Gasteiger partial charge in [-0.1, -0.05) is 6.42 Å². The highest BCUT2D eigenvalue weighted by Crippen LogP contribution is 2.28. The monoisotopic (exact) mass is 376 g/mol. The van der Waals surface area contributed by atoms with Crippen molar-refractivity contribution in [2.45, 2.75) is 45.3 Å². The molecule has 0 saturated carbocycles. The van der Waals surface area contributed by atoms with E-state index in [2.05, 4.69) is 10.6 Å². The summed E-state index contributed by atoms with van der Waals surface area (Å²) in [6.07, 6.45) is 3.55. The maximum atomic E-state index is 12.9. The minimum Gasteiger partial charge on any atom is -0.391 e. The number of thiophene rings is 1. The van der Waals surface area contributed by atoms with Crippen LogP contribution in [0.3, 0.4) is 0 Å². The minimum absolute atomic E-state index is 0.0184. The fraction of sp³-hybridized carbons (Fsp3) is 0.611. The molecular formula is C18H24N4O3S. The number of aryl methyl sites for hydroxylation is 2. The van der Waals surface area contributed by atoms with Gasteiger partial charge in [0, 0.05) is 38.5 Å². The molecule has 1 saturated heterocycles. The van der Waals surface area contributed by atoms with Crippen molar-refractivity contribution in [1.82, 2.24) is 20.2 Å². The van der Waals surface area contributed by atoms with Crippen LogP contribution in [0.5, 0.6) is 0 Å². The lowest BCUT2D eigenvalue weighted by atomic mass is 10.1. The van der Waals surface area contributed by atoms with Gasteiger partial charge in [0.15, 0.2) is 0 Å². The van der Waals surface area contributed by atoms with Crippen LogP contribution < -0.4 is 16.2 Å². The second kappa shape index (κ2) is 7.09. The number of β-amino-alcohol motifs (C(OH)–C–C–N with tert-alkyl or cyclic N) is 1. The number of aromatic nitrogens is 2. The van der Waals surface area contributed by atoms with Crippen LogP contribution in [-0.2, 0) is 13.0 Å². The Morgan fingerprint density at radius 1 is 1.38 bits per heavy atom. The third-order valence-corrected chi connectivity index (χ3v) is 6.63. The topological polar surface area (TPSA) is 96.2 Å². The number of aliphatic hydroxyl groups is 1. The van der Waals surface area contributed by atoms with E-state index >= 15 is 0 Å². The summed E-state index contributed by atoms with van der Waals surface area (Å²) in [6.45, 7) is 4.22. The number of rotatable bonds is 3. The first-order valence-electron chi connectivity index (χ1n) is 9.26. The number of nitrogens with one attached hydrogen (secondary N) is 2. The number of fused-ring (bicyclic) bond motifs is 2. The first-order valence-corrected chi connectivity index (χ1v) is 10.1. The Bertz CT molecular complexity index is 904. The van der Waals surface area contributed by atoms with Gasteiger partial charge in [0.25, 0.3) is 11.5 Å². The first-order chi connectivity index (χ1) is 12.6. The van der Waals surface area contributed by atoms with Gasteiger partial charge < -0.3 is 15.7 Å². The van der Waals surface area contributed by atoms with Gasteiger partial charge in [-0.25, -0.2) is 4.98 Å². The summed E-state index contributed by atoms with van der Waals surface area (Å²) in [6, 6.07) is 0. The normalized spacial score (nSPS) is 23.0. The molecule has 4 rings (SSSR count). The molecular weight excluding hydrogens is 352 g/mol. The zero-order chi connectivity index (χ0) is 18.3. The SMILES string of the molecule is Cc1c(C(=O)NCC2CNCC2O)sc2nc3n(c(=O)c12)CCCCC3. The third kappa shape index (κ3) is 3.06. The summed E-state index contributed by atoms with van der Waals surface area (Å²) >= 11 is 1.29. The van der Waals surface area contributed by atoms with Crippen molar-refractivity contribution in [3.63, 3.8) is 0 Å². The zero-order valence-corrected chi connectivity index (χ0v) is 15.7. The molecule has 1 amide bonds. The molecule has 8 heteroatoms. The summed E-state index contributed by atoms with van der Waals surface area (Å²) in [5, 5.41) is 16.5. The quantitative estimate of drug-likeness (QED) is 0.736. The van der Waals surface area contributed by atoms with Crippen molar-refractivity contribution >= 4 is 27.5 Å². The molecule has 2 unspecified atom stereocenters. The second-order valence-electron chi connectivity index (χ2n) is 7.23. The van der Waals surface area contributed by atoms with Gasteiger partial charge in [0.1, 0.15) is 10.7 Å². The summed E-state index contributed by atoms with van der Waals surface area (Å²) < 4.78 is 1.79. The van der Waals surface area contributed by atoms with E-state index in [1.165, 1.54) is 11.3 Å². The molecule has 2 atom stereocenters. The molecule has 7 nitrogen and oxygen atoms in total. The van der Waals surface area contributed by atoms with Crippen molar-refractivity contribution in [3.05, 3.63) is 26.6 Å². The van der Waals surface area contributed by atoms with E-state index in [1.807, 2.05) is 6.92 Å². The molecule has 0 aliphatic carbocycles. The van der Waals surface area contributed by atoms with Crippen molar-refractivity contribution in [2.24, 2.45) is 5.92 Å². The highest BCUT2D eigenvalue weighted by molar-refractivity contribution is 7.20. The zero-order valence-electron chi connectivity index (χ0n) is 14.9. The van der Waals surface area contributed by atoms with Crippen molar-refractivity contribution < 1.29 is 9.90 Å². The van der Waals surface area contributed by atoms with Crippen molar-refractivity contribution in [2.75, 3.05) is 19.6 Å². The van der Waals surface area contributed by atoms with Gasteiger partial charge in [-0.3, -0.25) is 14.2 Å². The molecule has 0 radical (unpaired) electrons. The van der Waals surface area contributed by atoms with Gasteiger partial charge in [-0.15, -0.1) is 11.3 Å². The number of carbonyl (C=O) groups excluding carboxylic acids is 1. The number of hydrogen-bond donors (Lipinski definition) is 3. The van der Waals surface area contributed by atoms with Crippen LogP contribution in [0.25, 0.3) is 10.2 Å². The van der Waals surface area contributed by atoms with Crippen LogP contribution in [0.2, 0.25) is 0 Å². The van der Waals surface area contributed by atoms with Crippen LogP contribution in [0.15, 0.2) is 4.79 Å². The van der Waals surface area contributed by atoms with E-state index in [9.17, 15) is 14.7 Å².